The number of anilines is 1. The van der Waals surface area contributed by atoms with Gasteiger partial charge in [-0.05, 0) is 63.0 Å². The zero-order chi connectivity index (χ0) is 28.3. The van der Waals surface area contributed by atoms with Crippen molar-refractivity contribution in [2.24, 2.45) is 0 Å². The first-order chi connectivity index (χ1) is 18.5. The molecule has 208 valence electrons. The van der Waals surface area contributed by atoms with Crippen LogP contribution < -0.4 is 15.1 Å². The first kappa shape index (κ1) is 28.4. The lowest BCUT2D eigenvalue weighted by molar-refractivity contribution is -0.705. The molecule has 0 unspecified atom stereocenters. The third-order valence-electron chi connectivity index (χ3n) is 5.63. The summed E-state index contributed by atoms with van der Waals surface area (Å²) in [5.41, 5.74) is 2.08. The lowest BCUT2D eigenvalue weighted by atomic mass is 10.0. The van der Waals surface area contributed by atoms with Crippen LogP contribution in [0.3, 0.4) is 0 Å². The molecule has 13 heteroatoms. The number of amides is 2. The molecule has 4 rings (SSSR count). The highest BCUT2D eigenvalue weighted by Crippen LogP contribution is 2.38. The molecule has 1 aliphatic heterocycles. The van der Waals surface area contributed by atoms with E-state index >= 15 is 0 Å². The maximum Gasteiger partial charge on any atom is 0.410 e. The molecular formula is C26H30N4O7S2. The van der Waals surface area contributed by atoms with Crippen molar-refractivity contribution in [2.75, 3.05) is 24.2 Å². The number of rotatable bonds is 7. The molecule has 3 aromatic rings. The molecule has 2 aromatic heterocycles. The molecule has 0 aliphatic carbocycles. The number of ether oxygens (including phenoxy) is 2. The van der Waals surface area contributed by atoms with Crippen molar-refractivity contribution in [3.05, 3.63) is 45.8 Å². The Morgan fingerprint density at radius 2 is 1.97 bits per heavy atom. The van der Waals surface area contributed by atoms with Crippen LogP contribution in [0.2, 0.25) is 0 Å². The topological polar surface area (TPSA) is 138 Å². The Bertz CT molecular complexity index is 1380. The van der Waals surface area contributed by atoms with Crippen molar-refractivity contribution in [3.63, 3.8) is 0 Å². The molecule has 0 atom stereocenters. The minimum atomic E-state index is -0.658. The number of nitrogens with one attached hydrogen (secondary N) is 1. The van der Waals surface area contributed by atoms with E-state index in [4.69, 9.17) is 14.0 Å². The summed E-state index contributed by atoms with van der Waals surface area (Å²) in [6.07, 6.45) is -0.0223. The summed E-state index contributed by atoms with van der Waals surface area (Å²) in [7, 11) is 0. The summed E-state index contributed by atoms with van der Waals surface area (Å²) in [5, 5.41) is 19.4. The third-order valence-corrected chi connectivity index (χ3v) is 7.78. The van der Waals surface area contributed by atoms with E-state index in [1.54, 1.807) is 44.7 Å². The van der Waals surface area contributed by atoms with Crippen molar-refractivity contribution in [3.8, 4) is 11.6 Å². The van der Waals surface area contributed by atoms with Crippen LogP contribution in [0, 0.1) is 6.92 Å². The Morgan fingerprint density at radius 1 is 1.26 bits per heavy atom. The molecule has 0 fully saturated rings. The molecule has 0 bridgehead atoms. The number of carbonyl (C=O) groups excluding carboxylic acids is 3. The van der Waals surface area contributed by atoms with Gasteiger partial charge < -0.3 is 29.3 Å². The van der Waals surface area contributed by atoms with Crippen LogP contribution in [0.5, 0.6) is 5.95 Å². The number of thiophene rings is 1. The molecule has 0 spiro atoms. The van der Waals surface area contributed by atoms with Gasteiger partial charge in [0, 0.05) is 23.6 Å². The summed E-state index contributed by atoms with van der Waals surface area (Å²) in [4.78, 5) is 40.8. The van der Waals surface area contributed by atoms with Crippen LogP contribution in [0.4, 0.5) is 9.80 Å². The Morgan fingerprint density at radius 3 is 2.64 bits per heavy atom. The van der Waals surface area contributed by atoms with Crippen molar-refractivity contribution >= 4 is 46.1 Å². The van der Waals surface area contributed by atoms with Gasteiger partial charge in [0.05, 0.1) is 29.7 Å². The van der Waals surface area contributed by atoms with E-state index in [2.05, 4.69) is 10.6 Å². The number of esters is 1. The molecule has 1 aromatic carbocycles. The van der Waals surface area contributed by atoms with Crippen LogP contribution in [0.1, 0.15) is 54.1 Å². The predicted octanol–water partition coefficient (Wildman–Crippen LogP) is 3.60. The van der Waals surface area contributed by atoms with Crippen molar-refractivity contribution in [2.45, 2.75) is 58.2 Å². The van der Waals surface area contributed by atoms with E-state index in [9.17, 15) is 19.5 Å². The summed E-state index contributed by atoms with van der Waals surface area (Å²) < 4.78 is 16.9. The average Bonchev–Trinajstić information content (AvgIpc) is 3.41. The summed E-state index contributed by atoms with van der Waals surface area (Å²) >= 11 is 2.20. The van der Waals surface area contributed by atoms with Gasteiger partial charge in [-0.3, -0.25) is 4.79 Å². The number of hydrogen-bond donors (Lipinski definition) is 1. The van der Waals surface area contributed by atoms with Gasteiger partial charge in [-0.2, -0.15) is 0 Å². The number of aryl methyl sites for hydroxylation is 1. The standard InChI is InChI=1S/C26H30N4O7S2/c1-6-35-23(32)20-17-11-12-29(25(34)36-26(3,4)5)13-18(17)39-21(20)27-19(31)14-38-22-24(33)37-28-30(22)16-9-7-15(2)8-10-16/h7-10H,6,11-14H2,1-5H3,(H-,27,28,31,32,33). The van der Waals surface area contributed by atoms with Gasteiger partial charge in [0.1, 0.15) is 10.6 Å². The minimum Gasteiger partial charge on any atom is -0.538 e. The van der Waals surface area contributed by atoms with E-state index in [1.165, 1.54) is 16.0 Å². The summed E-state index contributed by atoms with van der Waals surface area (Å²) in [6.45, 7) is 9.84. The van der Waals surface area contributed by atoms with E-state index in [-0.39, 0.29) is 23.9 Å². The minimum absolute atomic E-state index is 0.128. The number of aromatic nitrogens is 2. The lowest BCUT2D eigenvalue weighted by Gasteiger charge is -2.30. The smallest absolute Gasteiger partial charge is 0.410 e. The van der Waals surface area contributed by atoms with Gasteiger partial charge in [-0.15, -0.1) is 11.3 Å². The average molecular weight is 575 g/mol. The SMILES string of the molecule is CCOC(=O)c1c(NC(=O)CSc2c([O-])on[n+]2-c2ccc(C)cc2)sc2c1CCN(C(=O)OC(C)(C)C)C2. The third kappa shape index (κ3) is 6.71. The molecule has 3 heterocycles. The Kier molecular flexibility index (Phi) is 8.50. The first-order valence-corrected chi connectivity index (χ1v) is 14.1. The van der Waals surface area contributed by atoms with Crippen LogP contribution in [0.15, 0.2) is 33.8 Å². The van der Waals surface area contributed by atoms with Crippen molar-refractivity contribution in [1.82, 2.24) is 10.2 Å². The predicted molar refractivity (Wildman–Crippen MR) is 142 cm³/mol. The van der Waals surface area contributed by atoms with Crippen LogP contribution in [-0.2, 0) is 27.2 Å². The maximum absolute atomic E-state index is 13.0. The second-order valence-electron chi connectivity index (χ2n) is 9.83. The second-order valence-corrected chi connectivity index (χ2v) is 11.9. The molecular weight excluding hydrogens is 544 g/mol. The van der Waals surface area contributed by atoms with Crippen LogP contribution >= 0.6 is 23.1 Å². The monoisotopic (exact) mass is 574 g/mol. The Balaban J connectivity index is 1.51. The van der Waals surface area contributed by atoms with Gasteiger partial charge >= 0.3 is 12.1 Å². The van der Waals surface area contributed by atoms with Gasteiger partial charge in [-0.25, -0.2) is 9.59 Å². The summed E-state index contributed by atoms with van der Waals surface area (Å²) in [6, 6.07) is 7.34. The number of hydrogen-bond acceptors (Lipinski definition) is 10. The van der Waals surface area contributed by atoms with Crippen molar-refractivity contribution < 1.29 is 38.2 Å². The number of carbonyl (C=O) groups is 3. The van der Waals surface area contributed by atoms with E-state index in [1.807, 2.05) is 19.1 Å². The molecule has 1 N–H and O–H groups in total. The number of benzene rings is 1. The van der Waals surface area contributed by atoms with Gasteiger partial charge in [0.15, 0.2) is 5.95 Å². The highest BCUT2D eigenvalue weighted by Gasteiger charge is 2.33. The molecule has 0 saturated carbocycles. The van der Waals surface area contributed by atoms with E-state index in [0.29, 0.717) is 29.2 Å². The van der Waals surface area contributed by atoms with E-state index < -0.39 is 29.5 Å². The zero-order valence-corrected chi connectivity index (χ0v) is 24.0. The molecule has 0 saturated heterocycles. The Labute approximate surface area is 234 Å². The number of fused-ring (bicyclic) bond motifs is 1. The fourth-order valence-corrected chi connectivity index (χ4v) is 5.92. The second kappa shape index (κ2) is 11.7. The molecule has 39 heavy (non-hydrogen) atoms. The number of thioether (sulfide) groups is 1. The lowest BCUT2D eigenvalue weighted by Crippen LogP contribution is -2.39. The fraction of sp³-hybridized carbons (Fsp3) is 0.423. The van der Waals surface area contributed by atoms with E-state index in [0.717, 1.165) is 27.8 Å². The highest BCUT2D eigenvalue weighted by atomic mass is 32.2. The number of nitrogens with zero attached hydrogens (tertiary/aromatic N) is 3. The van der Waals surface area contributed by atoms with Gasteiger partial charge in [-0.1, -0.05) is 17.7 Å². The quantitative estimate of drug-likeness (QED) is 0.255. The fourth-order valence-electron chi connectivity index (χ4n) is 3.90. The zero-order valence-electron chi connectivity index (χ0n) is 22.4. The van der Waals surface area contributed by atoms with Crippen LogP contribution in [-0.4, -0.2) is 52.6 Å². The molecule has 0 radical (unpaired) electrons. The van der Waals surface area contributed by atoms with Gasteiger partial charge in [0.2, 0.25) is 11.6 Å². The highest BCUT2D eigenvalue weighted by molar-refractivity contribution is 7.99. The van der Waals surface area contributed by atoms with Crippen molar-refractivity contribution in [1.29, 1.82) is 0 Å². The summed E-state index contributed by atoms with van der Waals surface area (Å²) in [5.74, 6) is -1.75. The largest absolute Gasteiger partial charge is 0.538 e. The maximum atomic E-state index is 13.0. The molecule has 11 nitrogen and oxygen atoms in total. The first-order valence-electron chi connectivity index (χ1n) is 12.3. The Hall–Kier alpha value is -3.58. The normalized spacial score (nSPS) is 13.1. The molecule has 1 aliphatic rings. The van der Waals surface area contributed by atoms with Crippen LogP contribution in [0.25, 0.3) is 5.69 Å². The molecule has 2 amide bonds. The van der Waals surface area contributed by atoms with Gasteiger partial charge in [0.25, 0.3) is 5.03 Å².